The van der Waals surface area contributed by atoms with Crippen LogP contribution >= 0.6 is 0 Å². The van der Waals surface area contributed by atoms with Crippen molar-refractivity contribution >= 4 is 11.5 Å². The van der Waals surface area contributed by atoms with Crippen LogP contribution in [0.1, 0.15) is 84.9 Å². The van der Waals surface area contributed by atoms with Gasteiger partial charge in [0.1, 0.15) is 34.8 Å². The fraction of sp³-hybridized carbons (Fsp3) is 0.375. The Morgan fingerprint density at radius 3 is 2.50 bits per heavy atom. The van der Waals surface area contributed by atoms with Crippen LogP contribution in [-0.2, 0) is 0 Å². The van der Waals surface area contributed by atoms with Crippen LogP contribution in [0.15, 0.2) is 35.5 Å². The molecule has 2 saturated carbocycles. The fourth-order valence-corrected chi connectivity index (χ4v) is 4.29. The molecule has 0 aromatic carbocycles. The molecule has 34 heavy (non-hydrogen) atoms. The molecule has 2 aliphatic carbocycles. The van der Waals surface area contributed by atoms with Crippen molar-refractivity contribution in [1.82, 2.24) is 24.9 Å². The third-order valence-corrected chi connectivity index (χ3v) is 6.56. The van der Waals surface area contributed by atoms with E-state index in [0.29, 0.717) is 17.6 Å². The molecule has 0 spiro atoms. The lowest BCUT2D eigenvalue weighted by Crippen LogP contribution is -2.30. The van der Waals surface area contributed by atoms with Crippen molar-refractivity contribution in [2.45, 2.75) is 56.4 Å². The molecule has 3 aromatic heterocycles. The summed E-state index contributed by atoms with van der Waals surface area (Å²) in [6, 6.07) is 5.49. The number of nitrogens with one attached hydrogen (secondary N) is 3. The van der Waals surface area contributed by atoms with Crippen LogP contribution in [0.25, 0.3) is 0 Å². The molecular formula is C24H23FN8O. The number of nitrogens with zero attached hydrogens (tertiary/aromatic N) is 5. The zero-order valence-corrected chi connectivity index (χ0v) is 18.5. The number of H-pyrrole nitrogens is 1. The minimum atomic E-state index is -0.556. The van der Waals surface area contributed by atoms with Crippen LogP contribution in [0.2, 0.25) is 0 Å². The second kappa shape index (κ2) is 8.74. The molecule has 3 aromatic rings. The van der Waals surface area contributed by atoms with E-state index >= 15 is 0 Å². The van der Waals surface area contributed by atoms with Crippen LogP contribution in [0.4, 0.5) is 10.2 Å². The normalized spacial score (nSPS) is 20.1. The van der Waals surface area contributed by atoms with Crippen LogP contribution in [0.5, 0.6) is 0 Å². The van der Waals surface area contributed by atoms with Gasteiger partial charge in [0.2, 0.25) is 0 Å². The molecule has 3 unspecified atom stereocenters. The third kappa shape index (κ3) is 4.17. The highest BCUT2D eigenvalue weighted by molar-refractivity contribution is 6.12. The quantitative estimate of drug-likeness (QED) is 0.458. The number of anilines is 1. The first-order valence-corrected chi connectivity index (χ1v) is 11.3. The summed E-state index contributed by atoms with van der Waals surface area (Å²) in [4.78, 5) is 33.0. The van der Waals surface area contributed by atoms with E-state index in [0.717, 1.165) is 36.5 Å². The SMILES string of the molecule is CC(Nc1nc(C2CCC2c2ncc(F)cn2)[nH]c(=O)c1C(=N)C#N)c1ccc(C2CC2)nc1. The van der Waals surface area contributed by atoms with Crippen LogP contribution in [-0.4, -0.2) is 30.6 Å². The summed E-state index contributed by atoms with van der Waals surface area (Å²) in [5, 5.41) is 20.5. The summed E-state index contributed by atoms with van der Waals surface area (Å²) < 4.78 is 13.2. The van der Waals surface area contributed by atoms with Crippen LogP contribution in [0, 0.1) is 22.6 Å². The van der Waals surface area contributed by atoms with Gasteiger partial charge >= 0.3 is 0 Å². The van der Waals surface area contributed by atoms with Crippen molar-refractivity contribution in [1.29, 1.82) is 10.7 Å². The zero-order valence-electron chi connectivity index (χ0n) is 18.5. The standard InChI is InChI=1S/C24H23FN8O/c1-12(14-4-7-19(28-9-14)13-2-3-13)31-23-20(18(27)8-26)24(34)33-22(32-23)17-6-5-16(17)21-29-10-15(25)11-30-21/h4,7,9-13,16-17,27H,2-3,5-6H2,1H3,(H2,31,32,33,34). The van der Waals surface area contributed by atoms with E-state index in [1.54, 1.807) is 6.07 Å². The minimum absolute atomic E-state index is 0.102. The molecule has 0 bridgehead atoms. The second-order valence-electron chi connectivity index (χ2n) is 8.87. The lowest BCUT2D eigenvalue weighted by molar-refractivity contribution is 0.317. The molecular weight excluding hydrogens is 435 g/mol. The van der Waals surface area contributed by atoms with E-state index in [1.807, 2.05) is 25.3 Å². The zero-order chi connectivity index (χ0) is 23.8. The van der Waals surface area contributed by atoms with Gasteiger partial charge in [-0.15, -0.1) is 0 Å². The summed E-state index contributed by atoms with van der Waals surface area (Å²) in [7, 11) is 0. The Morgan fingerprint density at radius 2 is 1.91 bits per heavy atom. The van der Waals surface area contributed by atoms with Gasteiger partial charge in [0.25, 0.3) is 5.56 Å². The van der Waals surface area contributed by atoms with E-state index in [4.69, 9.17) is 5.41 Å². The summed E-state index contributed by atoms with van der Waals surface area (Å²) in [5.41, 5.74) is 0.861. The Kier molecular flexibility index (Phi) is 5.61. The fourth-order valence-electron chi connectivity index (χ4n) is 4.29. The highest BCUT2D eigenvalue weighted by atomic mass is 19.1. The molecule has 3 N–H and O–H groups in total. The van der Waals surface area contributed by atoms with Crippen molar-refractivity contribution in [3.8, 4) is 6.07 Å². The molecule has 5 rings (SSSR count). The number of rotatable bonds is 7. The van der Waals surface area contributed by atoms with Crippen molar-refractivity contribution in [3.05, 3.63) is 75.4 Å². The number of hydrogen-bond acceptors (Lipinski definition) is 8. The molecule has 0 saturated heterocycles. The van der Waals surface area contributed by atoms with Gasteiger partial charge in [-0.25, -0.2) is 19.3 Å². The van der Waals surface area contributed by atoms with Crippen LogP contribution < -0.4 is 10.9 Å². The molecule has 2 fully saturated rings. The summed E-state index contributed by atoms with van der Waals surface area (Å²) in [6.07, 6.45) is 7.95. The molecule has 0 aliphatic heterocycles. The number of halogens is 1. The van der Waals surface area contributed by atoms with E-state index in [2.05, 4.69) is 30.2 Å². The van der Waals surface area contributed by atoms with E-state index in [1.165, 1.54) is 12.8 Å². The topological polar surface area (TPSA) is 144 Å². The lowest BCUT2D eigenvalue weighted by Gasteiger charge is -2.34. The predicted octanol–water partition coefficient (Wildman–Crippen LogP) is 3.70. The average molecular weight is 459 g/mol. The van der Waals surface area contributed by atoms with Gasteiger partial charge in [-0.2, -0.15) is 5.26 Å². The first-order valence-electron chi connectivity index (χ1n) is 11.3. The molecule has 172 valence electrons. The highest BCUT2D eigenvalue weighted by Crippen LogP contribution is 2.46. The van der Waals surface area contributed by atoms with Crippen LogP contribution in [0.3, 0.4) is 0 Å². The molecule has 0 amide bonds. The van der Waals surface area contributed by atoms with E-state index < -0.39 is 17.1 Å². The Bertz CT molecular complexity index is 1330. The second-order valence-corrected chi connectivity index (χ2v) is 8.87. The van der Waals surface area contributed by atoms with Crippen molar-refractivity contribution < 1.29 is 4.39 Å². The number of pyridine rings is 1. The van der Waals surface area contributed by atoms with Gasteiger partial charge < -0.3 is 10.3 Å². The van der Waals surface area contributed by atoms with Gasteiger partial charge in [0, 0.05) is 29.6 Å². The highest BCUT2D eigenvalue weighted by Gasteiger charge is 2.38. The van der Waals surface area contributed by atoms with Crippen molar-refractivity contribution in [2.24, 2.45) is 0 Å². The number of hydrogen-bond donors (Lipinski definition) is 3. The van der Waals surface area contributed by atoms with Gasteiger partial charge in [-0.3, -0.25) is 15.2 Å². The molecule has 10 heteroatoms. The Hall–Kier alpha value is -4.00. The van der Waals surface area contributed by atoms with Crippen molar-refractivity contribution in [2.75, 3.05) is 5.32 Å². The van der Waals surface area contributed by atoms with E-state index in [9.17, 15) is 14.4 Å². The maximum Gasteiger partial charge on any atom is 0.263 e. The molecule has 3 heterocycles. The summed E-state index contributed by atoms with van der Waals surface area (Å²) in [5.74, 6) is 0.894. The summed E-state index contributed by atoms with van der Waals surface area (Å²) in [6.45, 7) is 1.91. The first-order chi connectivity index (χ1) is 16.4. The van der Waals surface area contributed by atoms with Gasteiger partial charge in [0.05, 0.1) is 18.4 Å². The number of nitriles is 1. The Morgan fingerprint density at radius 1 is 1.18 bits per heavy atom. The molecule has 0 radical (unpaired) electrons. The van der Waals surface area contributed by atoms with Crippen molar-refractivity contribution in [3.63, 3.8) is 0 Å². The average Bonchev–Trinajstić information content (AvgIpc) is 3.65. The number of aromatic amines is 1. The van der Waals surface area contributed by atoms with Gasteiger partial charge in [0.15, 0.2) is 5.82 Å². The Balaban J connectivity index is 1.45. The van der Waals surface area contributed by atoms with Gasteiger partial charge in [-0.1, -0.05) is 6.07 Å². The molecule has 9 nitrogen and oxygen atoms in total. The van der Waals surface area contributed by atoms with E-state index in [-0.39, 0.29) is 29.3 Å². The first kappa shape index (κ1) is 21.8. The third-order valence-electron chi connectivity index (χ3n) is 6.56. The minimum Gasteiger partial charge on any atom is -0.363 e. The smallest absolute Gasteiger partial charge is 0.263 e. The monoisotopic (exact) mass is 458 g/mol. The maximum absolute atomic E-state index is 13.2. The van der Waals surface area contributed by atoms with Gasteiger partial charge in [-0.05, 0) is 44.2 Å². The summed E-state index contributed by atoms with van der Waals surface area (Å²) >= 11 is 0. The predicted molar refractivity (Wildman–Crippen MR) is 122 cm³/mol. The lowest BCUT2D eigenvalue weighted by atomic mass is 9.72. The molecule has 2 aliphatic rings. The largest absolute Gasteiger partial charge is 0.363 e. The maximum atomic E-state index is 13.2. The molecule has 3 atom stereocenters. The Labute approximate surface area is 195 Å². The number of aromatic nitrogens is 5.